The molecule has 0 radical (unpaired) electrons. The van der Waals surface area contributed by atoms with E-state index in [1.807, 2.05) is 31.2 Å². The third kappa shape index (κ3) is 3.89. The molecule has 7 heteroatoms. The van der Waals surface area contributed by atoms with E-state index in [0.29, 0.717) is 10.6 Å². The van der Waals surface area contributed by atoms with E-state index in [-0.39, 0.29) is 5.88 Å². The number of rotatable bonds is 3. The second kappa shape index (κ2) is 7.78. The lowest BCUT2D eigenvalue weighted by molar-refractivity contribution is -0.537. The van der Waals surface area contributed by atoms with Crippen molar-refractivity contribution in [2.75, 3.05) is 19.7 Å². The lowest BCUT2D eigenvalue weighted by Gasteiger charge is -2.15. The van der Waals surface area contributed by atoms with Gasteiger partial charge in [-0.15, -0.1) is 11.3 Å². The predicted octanol–water partition coefficient (Wildman–Crippen LogP) is 3.00. The van der Waals surface area contributed by atoms with Gasteiger partial charge in [-0.3, -0.25) is 4.58 Å². The Bertz CT molecular complexity index is 1100. The van der Waals surface area contributed by atoms with Crippen molar-refractivity contribution in [3.8, 4) is 11.6 Å². The van der Waals surface area contributed by atoms with Gasteiger partial charge in [0.15, 0.2) is 9.31 Å². The number of benzene rings is 1. The fraction of sp³-hybridized carbons (Fsp3) is 0.350. The van der Waals surface area contributed by atoms with Crippen LogP contribution in [0.1, 0.15) is 31.1 Å². The zero-order valence-electron chi connectivity index (χ0n) is 15.2. The number of thiazole rings is 1. The van der Waals surface area contributed by atoms with Crippen LogP contribution in [0.2, 0.25) is 0 Å². The molecule has 0 saturated carbocycles. The van der Waals surface area contributed by atoms with Gasteiger partial charge in [0.2, 0.25) is 5.88 Å². The molecule has 2 aromatic rings. The molecule has 1 aromatic heterocycles. The van der Waals surface area contributed by atoms with E-state index < -0.39 is 0 Å². The summed E-state index contributed by atoms with van der Waals surface area (Å²) in [6, 6.07) is 5.99. The molecule has 1 aromatic carbocycles. The molecule has 4 rings (SSSR count). The molecule has 0 amide bonds. The molecule has 0 atom stereocenters. The van der Waals surface area contributed by atoms with Gasteiger partial charge in [0.1, 0.15) is 5.75 Å². The maximum absolute atomic E-state index is 10.1. The van der Waals surface area contributed by atoms with Gasteiger partial charge in [0.05, 0.1) is 30.1 Å². The van der Waals surface area contributed by atoms with Crippen LogP contribution >= 0.6 is 23.6 Å². The Balaban J connectivity index is 1.90. The second-order valence-corrected chi connectivity index (χ2v) is 8.33. The first-order valence-corrected chi connectivity index (χ1v) is 10.5. The number of fused-ring (bicyclic) bond motifs is 1. The van der Waals surface area contributed by atoms with Gasteiger partial charge in [-0.05, 0) is 73.7 Å². The van der Waals surface area contributed by atoms with Crippen molar-refractivity contribution in [2.45, 2.75) is 26.2 Å². The van der Waals surface area contributed by atoms with Crippen LogP contribution in [-0.2, 0) is 0 Å². The molecule has 0 aliphatic carbocycles. The molecule has 2 aliphatic rings. The number of ether oxygens (including phenoxy) is 1. The van der Waals surface area contributed by atoms with Gasteiger partial charge in [-0.1, -0.05) is 0 Å². The van der Waals surface area contributed by atoms with Gasteiger partial charge in [0.25, 0.3) is 0 Å². The summed E-state index contributed by atoms with van der Waals surface area (Å²) < 4.78 is 8.54. The van der Waals surface area contributed by atoms with Gasteiger partial charge in [-0.25, -0.2) is 0 Å². The van der Waals surface area contributed by atoms with Crippen LogP contribution < -0.4 is 15.3 Å². The number of hydrogen-bond donors (Lipinski definition) is 2. The number of aromatic nitrogens is 1. The summed E-state index contributed by atoms with van der Waals surface area (Å²) in [5.74, 6) is 1.91. The molecule has 2 N–H and O–H groups in total. The number of amidine groups is 1. The summed E-state index contributed by atoms with van der Waals surface area (Å²) >= 11 is 6.52. The third-order valence-electron chi connectivity index (χ3n) is 4.70. The van der Waals surface area contributed by atoms with Crippen molar-refractivity contribution in [1.82, 2.24) is 4.98 Å². The monoisotopic (exact) mass is 400 g/mol. The van der Waals surface area contributed by atoms with Crippen LogP contribution in [0, 0.1) is 3.95 Å². The lowest BCUT2D eigenvalue weighted by Crippen LogP contribution is -2.35. The number of piperidine rings is 1. The average molecular weight is 401 g/mol. The van der Waals surface area contributed by atoms with Crippen molar-refractivity contribution < 1.29 is 14.4 Å². The largest absolute Gasteiger partial charge is 0.494 e. The number of nitrogens with zero attached hydrogens (tertiary/aromatic N) is 2. The number of aromatic hydroxyl groups is 1. The van der Waals surface area contributed by atoms with Crippen LogP contribution in [-0.4, -0.2) is 40.2 Å². The van der Waals surface area contributed by atoms with Crippen molar-refractivity contribution in [3.05, 3.63) is 43.2 Å². The first-order valence-electron chi connectivity index (χ1n) is 9.23. The highest BCUT2D eigenvalue weighted by atomic mass is 32.1. The third-order valence-corrected chi connectivity index (χ3v) is 5.87. The van der Waals surface area contributed by atoms with Crippen LogP contribution in [0.3, 0.4) is 0 Å². The van der Waals surface area contributed by atoms with E-state index >= 15 is 0 Å². The summed E-state index contributed by atoms with van der Waals surface area (Å²) in [7, 11) is 0. The number of nitrogens with one attached hydrogen (secondary N) is 1. The van der Waals surface area contributed by atoms with E-state index in [9.17, 15) is 5.11 Å². The molecule has 0 spiro atoms. The van der Waals surface area contributed by atoms with Crippen molar-refractivity contribution >= 4 is 41.5 Å². The van der Waals surface area contributed by atoms with Gasteiger partial charge < -0.3 is 14.8 Å². The molecule has 1 fully saturated rings. The molecule has 5 nitrogen and oxygen atoms in total. The van der Waals surface area contributed by atoms with Gasteiger partial charge in [-0.2, -0.15) is 0 Å². The number of hydrogen-bond acceptors (Lipinski definition) is 4. The minimum Gasteiger partial charge on any atom is -0.494 e. The highest BCUT2D eigenvalue weighted by Crippen LogP contribution is 2.25. The fourth-order valence-electron chi connectivity index (χ4n) is 3.45. The zero-order chi connectivity index (χ0) is 18.8. The van der Waals surface area contributed by atoms with Crippen molar-refractivity contribution in [2.24, 2.45) is 4.99 Å². The van der Waals surface area contributed by atoms with E-state index in [1.165, 1.54) is 30.6 Å². The van der Waals surface area contributed by atoms with E-state index in [0.717, 1.165) is 45.7 Å². The number of aromatic amines is 1. The Morgan fingerprint density at radius 3 is 2.85 bits per heavy atom. The molecule has 27 heavy (non-hydrogen) atoms. The molecule has 3 heterocycles. The molecular formula is C20H22N3O2S2+. The van der Waals surface area contributed by atoms with Crippen LogP contribution in [0.25, 0.3) is 12.2 Å². The first kappa shape index (κ1) is 18.1. The first-order chi connectivity index (χ1) is 13.1. The van der Waals surface area contributed by atoms with E-state index in [4.69, 9.17) is 21.9 Å². The summed E-state index contributed by atoms with van der Waals surface area (Å²) in [5, 5.41) is 12.1. The van der Waals surface area contributed by atoms with Crippen LogP contribution in [0.5, 0.6) is 11.6 Å². The average Bonchev–Trinajstić information content (AvgIpc) is 2.99. The molecule has 0 bridgehead atoms. The number of H-pyrrole nitrogens is 1. The maximum Gasteiger partial charge on any atom is 0.326 e. The predicted molar refractivity (Wildman–Crippen MR) is 111 cm³/mol. The lowest BCUT2D eigenvalue weighted by atomic mass is 10.1. The van der Waals surface area contributed by atoms with Gasteiger partial charge >= 0.3 is 5.84 Å². The maximum atomic E-state index is 10.1. The van der Waals surface area contributed by atoms with Crippen molar-refractivity contribution in [3.63, 3.8) is 0 Å². The smallest absolute Gasteiger partial charge is 0.326 e. The minimum atomic E-state index is 0.109. The van der Waals surface area contributed by atoms with E-state index in [2.05, 4.69) is 15.6 Å². The Morgan fingerprint density at radius 1 is 1.33 bits per heavy atom. The highest BCUT2D eigenvalue weighted by molar-refractivity contribution is 7.73. The summed E-state index contributed by atoms with van der Waals surface area (Å²) in [5.41, 5.74) is 0.985. The Kier molecular flexibility index (Phi) is 5.22. The Hall–Kier alpha value is -2.25. The fourth-order valence-corrected chi connectivity index (χ4v) is 4.50. The molecule has 2 aliphatic heterocycles. The summed E-state index contributed by atoms with van der Waals surface area (Å²) in [4.78, 5) is 8.47. The Labute approximate surface area is 166 Å². The zero-order valence-corrected chi connectivity index (χ0v) is 16.8. The topological polar surface area (TPSA) is 60.6 Å². The second-order valence-electron chi connectivity index (χ2n) is 6.61. The highest BCUT2D eigenvalue weighted by Gasteiger charge is 2.24. The summed E-state index contributed by atoms with van der Waals surface area (Å²) in [6.45, 7) is 4.62. The Morgan fingerprint density at radius 2 is 2.15 bits per heavy atom. The standard InChI is InChI=1S/C20H21N3O2S2/c1-2-25-15-6-7-16-13(11-15)10-14(12-17-19(24)22-20(26)27-17)18(21-16)23-8-4-3-5-9-23/h6-7,10-12H,2-5,8-9H2,1H3,(H,22,24,26)/p+1. The summed E-state index contributed by atoms with van der Waals surface area (Å²) in [6.07, 6.45) is 7.71. The molecule has 1 saturated heterocycles. The van der Waals surface area contributed by atoms with Gasteiger partial charge in [0, 0.05) is 5.22 Å². The molecule has 0 unspecified atom stereocenters. The normalized spacial score (nSPS) is 18.0. The molecular weight excluding hydrogens is 378 g/mol. The van der Waals surface area contributed by atoms with Crippen molar-refractivity contribution in [1.29, 1.82) is 0 Å². The molecule has 140 valence electrons. The SMILES string of the molecule is CCOc1ccc2c(c1)=C/C(=C\c1sc(=S)[nH]c1O)C(=[N+]1CCCCC1)N=2. The quantitative estimate of drug-likeness (QED) is 0.615. The minimum absolute atomic E-state index is 0.109. The van der Waals surface area contributed by atoms with E-state index in [1.54, 1.807) is 0 Å². The van der Waals surface area contributed by atoms with Crippen LogP contribution in [0.15, 0.2) is 28.8 Å². The van der Waals surface area contributed by atoms with Crippen LogP contribution in [0.4, 0.5) is 0 Å².